The average molecular weight is 319 g/mol. The predicted molar refractivity (Wildman–Crippen MR) is 69.5 cm³/mol. The molecule has 82 valence electrons. The molecule has 0 spiro atoms. The monoisotopic (exact) mass is 319 g/mol. The highest BCUT2D eigenvalue weighted by Gasteiger charge is 2.03. The Bertz CT molecular complexity index is 311. The summed E-state index contributed by atoms with van der Waals surface area (Å²) in [4.78, 5) is 10.1. The first-order valence-electron chi connectivity index (χ1n) is 5.03. The minimum Gasteiger partial charge on any atom is -0.258 e. The van der Waals surface area contributed by atoms with Gasteiger partial charge in [-0.2, -0.15) is 0 Å². The van der Waals surface area contributed by atoms with Gasteiger partial charge < -0.3 is 0 Å². The Morgan fingerprint density at radius 1 is 1.13 bits per heavy atom. The molecule has 0 atom stereocenters. The molecule has 0 unspecified atom stereocenters. The van der Waals surface area contributed by atoms with Gasteiger partial charge in [0.1, 0.15) is 0 Å². The highest BCUT2D eigenvalue weighted by molar-refractivity contribution is 14.1. The summed E-state index contributed by atoms with van der Waals surface area (Å²) in [6.45, 7) is 0. The maximum Gasteiger partial charge on any atom is 0.269 e. The first-order chi connectivity index (χ1) is 7.24. The molecular weight excluding hydrogens is 305 g/mol. The van der Waals surface area contributed by atoms with Crippen LogP contribution in [-0.4, -0.2) is 9.35 Å². The van der Waals surface area contributed by atoms with Gasteiger partial charge in [0.25, 0.3) is 5.69 Å². The normalized spacial score (nSPS) is 10.2. The lowest BCUT2D eigenvalue weighted by atomic mass is 10.1. The Hall–Kier alpha value is -0.650. The number of unbranched alkanes of at least 4 members (excludes halogenated alkanes) is 2. The second-order valence-electron chi connectivity index (χ2n) is 3.42. The van der Waals surface area contributed by atoms with Crippen LogP contribution in [0.1, 0.15) is 24.8 Å². The van der Waals surface area contributed by atoms with Crippen molar-refractivity contribution >= 4 is 28.3 Å². The predicted octanol–water partition coefficient (Wildman–Crippen LogP) is 3.74. The maximum absolute atomic E-state index is 10.4. The molecular formula is C11H14INO2. The van der Waals surface area contributed by atoms with Gasteiger partial charge in [-0.15, -0.1) is 0 Å². The number of halogens is 1. The van der Waals surface area contributed by atoms with Crippen LogP contribution in [0.25, 0.3) is 0 Å². The Kier molecular flexibility index (Phi) is 5.60. The molecule has 0 heterocycles. The summed E-state index contributed by atoms with van der Waals surface area (Å²) >= 11 is 2.38. The van der Waals surface area contributed by atoms with Crippen molar-refractivity contribution in [2.75, 3.05) is 4.43 Å². The van der Waals surface area contributed by atoms with Crippen LogP contribution in [-0.2, 0) is 6.42 Å². The molecule has 0 saturated heterocycles. The smallest absolute Gasteiger partial charge is 0.258 e. The van der Waals surface area contributed by atoms with E-state index in [0.29, 0.717) is 0 Å². The van der Waals surface area contributed by atoms with Crippen LogP contribution in [0.2, 0.25) is 0 Å². The second-order valence-corrected chi connectivity index (χ2v) is 4.50. The number of rotatable bonds is 6. The summed E-state index contributed by atoms with van der Waals surface area (Å²) in [6, 6.07) is 6.85. The molecule has 0 N–H and O–H groups in total. The van der Waals surface area contributed by atoms with Crippen LogP contribution < -0.4 is 0 Å². The van der Waals surface area contributed by atoms with E-state index in [0.717, 1.165) is 6.42 Å². The number of benzene rings is 1. The first-order valence-corrected chi connectivity index (χ1v) is 6.56. The number of nitro groups is 1. The highest BCUT2D eigenvalue weighted by Crippen LogP contribution is 2.14. The van der Waals surface area contributed by atoms with E-state index in [1.807, 2.05) is 12.1 Å². The van der Waals surface area contributed by atoms with E-state index in [4.69, 9.17) is 0 Å². The molecule has 1 aromatic rings. The number of aryl methyl sites for hydroxylation is 1. The third-order valence-corrected chi connectivity index (χ3v) is 3.01. The molecule has 0 bridgehead atoms. The summed E-state index contributed by atoms with van der Waals surface area (Å²) in [5.41, 5.74) is 1.36. The lowest BCUT2D eigenvalue weighted by Gasteiger charge is -2.00. The number of alkyl halides is 1. The minimum absolute atomic E-state index is 0.172. The molecule has 0 aliphatic heterocycles. The molecule has 0 amide bonds. The third kappa shape index (κ3) is 4.59. The molecule has 0 aliphatic carbocycles. The zero-order chi connectivity index (χ0) is 11.1. The van der Waals surface area contributed by atoms with Crippen molar-refractivity contribution < 1.29 is 4.92 Å². The molecule has 0 fully saturated rings. The Labute approximate surface area is 103 Å². The fraction of sp³-hybridized carbons (Fsp3) is 0.455. The standard InChI is InChI=1S/C11H14INO2/c12-9-3-1-2-4-10-5-7-11(8-6-10)13(14)15/h5-8H,1-4,9H2. The van der Waals surface area contributed by atoms with Crippen molar-refractivity contribution in [2.45, 2.75) is 25.7 Å². The van der Waals surface area contributed by atoms with E-state index < -0.39 is 0 Å². The van der Waals surface area contributed by atoms with Gasteiger partial charge in [-0.1, -0.05) is 41.1 Å². The summed E-state index contributed by atoms with van der Waals surface area (Å²) < 4.78 is 1.21. The summed E-state index contributed by atoms with van der Waals surface area (Å²) in [7, 11) is 0. The SMILES string of the molecule is O=[N+]([O-])c1ccc(CCCCCI)cc1. The Morgan fingerprint density at radius 2 is 1.80 bits per heavy atom. The fourth-order valence-electron chi connectivity index (χ4n) is 1.38. The van der Waals surface area contributed by atoms with Crippen LogP contribution in [0.4, 0.5) is 5.69 Å². The van der Waals surface area contributed by atoms with Gasteiger partial charge in [0.15, 0.2) is 0 Å². The lowest BCUT2D eigenvalue weighted by molar-refractivity contribution is -0.384. The Morgan fingerprint density at radius 3 is 2.33 bits per heavy atom. The van der Waals surface area contributed by atoms with Crippen LogP contribution in [0.15, 0.2) is 24.3 Å². The molecule has 4 heteroatoms. The average Bonchev–Trinajstić information content (AvgIpc) is 2.25. The van der Waals surface area contributed by atoms with E-state index in [9.17, 15) is 10.1 Å². The highest BCUT2D eigenvalue weighted by atomic mass is 127. The summed E-state index contributed by atoms with van der Waals surface area (Å²) in [5.74, 6) is 0. The molecule has 1 rings (SSSR count). The molecule has 0 saturated carbocycles. The summed E-state index contributed by atoms with van der Waals surface area (Å²) in [5, 5.41) is 10.4. The quantitative estimate of drug-likeness (QED) is 0.263. The molecule has 15 heavy (non-hydrogen) atoms. The minimum atomic E-state index is -0.361. The van der Waals surface area contributed by atoms with Crippen LogP contribution >= 0.6 is 22.6 Å². The fourth-order valence-corrected chi connectivity index (χ4v) is 1.92. The van der Waals surface area contributed by atoms with Crippen molar-refractivity contribution in [2.24, 2.45) is 0 Å². The van der Waals surface area contributed by atoms with E-state index >= 15 is 0 Å². The van der Waals surface area contributed by atoms with E-state index in [2.05, 4.69) is 22.6 Å². The maximum atomic E-state index is 10.4. The topological polar surface area (TPSA) is 43.1 Å². The van der Waals surface area contributed by atoms with Crippen molar-refractivity contribution in [3.63, 3.8) is 0 Å². The first kappa shape index (κ1) is 12.4. The van der Waals surface area contributed by atoms with Crippen molar-refractivity contribution in [1.29, 1.82) is 0 Å². The number of nitrogens with zero attached hydrogens (tertiary/aromatic N) is 1. The van der Waals surface area contributed by atoms with Crippen LogP contribution in [0, 0.1) is 10.1 Å². The van der Waals surface area contributed by atoms with Gasteiger partial charge >= 0.3 is 0 Å². The van der Waals surface area contributed by atoms with Gasteiger partial charge in [0.2, 0.25) is 0 Å². The lowest BCUT2D eigenvalue weighted by Crippen LogP contribution is -1.90. The van der Waals surface area contributed by atoms with E-state index in [-0.39, 0.29) is 10.6 Å². The molecule has 1 aromatic carbocycles. The molecule has 3 nitrogen and oxygen atoms in total. The molecule has 0 aliphatic rings. The van der Waals surface area contributed by atoms with Gasteiger partial charge in [0.05, 0.1) is 4.92 Å². The summed E-state index contributed by atoms with van der Waals surface area (Å²) in [6.07, 6.45) is 4.68. The number of hydrogen-bond donors (Lipinski definition) is 0. The number of hydrogen-bond acceptors (Lipinski definition) is 2. The number of nitro benzene ring substituents is 1. The van der Waals surface area contributed by atoms with E-state index in [1.54, 1.807) is 12.1 Å². The van der Waals surface area contributed by atoms with Crippen molar-refractivity contribution in [3.05, 3.63) is 39.9 Å². The molecule has 0 radical (unpaired) electrons. The van der Waals surface area contributed by atoms with Crippen LogP contribution in [0.3, 0.4) is 0 Å². The molecule has 0 aromatic heterocycles. The Balaban J connectivity index is 2.39. The zero-order valence-corrected chi connectivity index (χ0v) is 10.6. The van der Waals surface area contributed by atoms with Gasteiger partial charge in [-0.3, -0.25) is 10.1 Å². The van der Waals surface area contributed by atoms with Crippen molar-refractivity contribution in [3.8, 4) is 0 Å². The second kappa shape index (κ2) is 6.76. The van der Waals surface area contributed by atoms with Gasteiger partial charge in [-0.05, 0) is 29.3 Å². The van der Waals surface area contributed by atoms with Gasteiger partial charge in [-0.25, -0.2) is 0 Å². The van der Waals surface area contributed by atoms with Crippen molar-refractivity contribution in [1.82, 2.24) is 0 Å². The van der Waals surface area contributed by atoms with Gasteiger partial charge in [0, 0.05) is 12.1 Å². The largest absolute Gasteiger partial charge is 0.269 e. The van der Waals surface area contributed by atoms with Crippen LogP contribution in [0.5, 0.6) is 0 Å². The zero-order valence-electron chi connectivity index (χ0n) is 8.49. The number of non-ortho nitro benzene ring substituents is 1. The van der Waals surface area contributed by atoms with E-state index in [1.165, 1.54) is 29.3 Å². The third-order valence-electron chi connectivity index (χ3n) is 2.25.